The minimum absolute atomic E-state index is 0.0826. The standard InChI is InChI=1S/C18H20N4O3S/c1-26-17-4-2-3-14(13-17)19-18(23)21-11-9-20(10-12-21)15-5-7-16(8-6-15)22(24)25/h2-8,13H,9-12H2,1H3,(H,19,23). The monoisotopic (exact) mass is 372 g/mol. The molecular formula is C18H20N4O3S. The van der Waals surface area contributed by atoms with Crippen molar-refractivity contribution in [2.75, 3.05) is 42.7 Å². The number of nitrogens with one attached hydrogen (secondary N) is 1. The van der Waals surface area contributed by atoms with Crippen molar-refractivity contribution in [2.24, 2.45) is 0 Å². The van der Waals surface area contributed by atoms with E-state index in [4.69, 9.17) is 0 Å². The smallest absolute Gasteiger partial charge is 0.321 e. The van der Waals surface area contributed by atoms with Crippen molar-refractivity contribution >= 4 is 34.9 Å². The summed E-state index contributed by atoms with van der Waals surface area (Å²) in [6.45, 7) is 2.59. The van der Waals surface area contributed by atoms with E-state index in [0.29, 0.717) is 26.2 Å². The average Bonchev–Trinajstić information content (AvgIpc) is 2.68. The van der Waals surface area contributed by atoms with Crippen molar-refractivity contribution in [3.8, 4) is 0 Å². The van der Waals surface area contributed by atoms with E-state index >= 15 is 0 Å². The van der Waals surface area contributed by atoms with Gasteiger partial charge < -0.3 is 15.1 Å². The largest absolute Gasteiger partial charge is 0.368 e. The molecule has 2 aromatic rings. The molecule has 7 nitrogen and oxygen atoms in total. The molecule has 0 radical (unpaired) electrons. The molecule has 26 heavy (non-hydrogen) atoms. The molecule has 1 heterocycles. The molecule has 0 spiro atoms. The molecular weight excluding hydrogens is 352 g/mol. The summed E-state index contributed by atoms with van der Waals surface area (Å²) < 4.78 is 0. The summed E-state index contributed by atoms with van der Waals surface area (Å²) >= 11 is 1.63. The minimum Gasteiger partial charge on any atom is -0.368 e. The SMILES string of the molecule is CSc1cccc(NC(=O)N2CCN(c3ccc([N+](=O)[O-])cc3)CC2)c1. The molecule has 0 aliphatic carbocycles. The van der Waals surface area contributed by atoms with Crippen LogP contribution in [0.2, 0.25) is 0 Å². The van der Waals surface area contributed by atoms with E-state index in [1.807, 2.05) is 30.5 Å². The Morgan fingerprint density at radius 2 is 1.81 bits per heavy atom. The zero-order valence-electron chi connectivity index (χ0n) is 14.4. The maximum absolute atomic E-state index is 12.4. The number of carbonyl (C=O) groups excluding carboxylic acids is 1. The van der Waals surface area contributed by atoms with Gasteiger partial charge in [-0.05, 0) is 36.6 Å². The van der Waals surface area contributed by atoms with Crippen LogP contribution in [0.15, 0.2) is 53.4 Å². The van der Waals surface area contributed by atoms with Crippen LogP contribution < -0.4 is 10.2 Å². The van der Waals surface area contributed by atoms with Gasteiger partial charge in [-0.2, -0.15) is 0 Å². The van der Waals surface area contributed by atoms with E-state index < -0.39 is 4.92 Å². The number of non-ortho nitro benzene ring substituents is 1. The van der Waals surface area contributed by atoms with Gasteiger partial charge in [-0.25, -0.2) is 4.79 Å². The lowest BCUT2D eigenvalue weighted by molar-refractivity contribution is -0.384. The van der Waals surface area contributed by atoms with Gasteiger partial charge in [-0.3, -0.25) is 10.1 Å². The number of thioether (sulfide) groups is 1. The molecule has 0 atom stereocenters. The highest BCUT2D eigenvalue weighted by Gasteiger charge is 2.21. The average molecular weight is 372 g/mol. The zero-order chi connectivity index (χ0) is 18.5. The molecule has 1 fully saturated rings. The van der Waals surface area contributed by atoms with Gasteiger partial charge in [0, 0.05) is 54.6 Å². The van der Waals surface area contributed by atoms with Crippen LogP contribution in [0.3, 0.4) is 0 Å². The van der Waals surface area contributed by atoms with E-state index in [-0.39, 0.29) is 11.7 Å². The van der Waals surface area contributed by atoms with E-state index in [1.54, 1.807) is 28.8 Å². The summed E-state index contributed by atoms with van der Waals surface area (Å²) in [7, 11) is 0. The second kappa shape index (κ2) is 8.09. The Balaban J connectivity index is 1.55. The fraction of sp³-hybridized carbons (Fsp3) is 0.278. The number of nitro benzene ring substituents is 1. The number of piperazine rings is 1. The fourth-order valence-electron chi connectivity index (χ4n) is 2.86. The third-order valence-corrected chi connectivity index (χ3v) is 5.04. The molecule has 8 heteroatoms. The van der Waals surface area contributed by atoms with Crippen LogP contribution in [-0.2, 0) is 0 Å². The Bertz CT molecular complexity index is 789. The van der Waals surface area contributed by atoms with Gasteiger partial charge >= 0.3 is 6.03 Å². The Morgan fingerprint density at radius 1 is 1.12 bits per heavy atom. The van der Waals surface area contributed by atoms with Gasteiger partial charge in [-0.15, -0.1) is 11.8 Å². The van der Waals surface area contributed by atoms with Crippen LogP contribution in [0.1, 0.15) is 0 Å². The summed E-state index contributed by atoms with van der Waals surface area (Å²) in [5.74, 6) is 0. The molecule has 1 aliphatic rings. The van der Waals surface area contributed by atoms with Gasteiger partial charge in [0.05, 0.1) is 4.92 Å². The highest BCUT2D eigenvalue weighted by atomic mass is 32.2. The first-order valence-corrected chi connectivity index (χ1v) is 9.48. The predicted molar refractivity (Wildman–Crippen MR) is 104 cm³/mol. The molecule has 0 unspecified atom stereocenters. The molecule has 2 amide bonds. The van der Waals surface area contributed by atoms with Crippen LogP contribution in [-0.4, -0.2) is 48.3 Å². The number of carbonyl (C=O) groups is 1. The first kappa shape index (κ1) is 18.1. The second-order valence-corrected chi connectivity index (χ2v) is 6.79. The van der Waals surface area contributed by atoms with E-state index in [1.165, 1.54) is 12.1 Å². The molecule has 1 aliphatic heterocycles. The van der Waals surface area contributed by atoms with E-state index in [0.717, 1.165) is 16.3 Å². The van der Waals surface area contributed by atoms with Gasteiger partial charge in [0.1, 0.15) is 0 Å². The molecule has 0 saturated carbocycles. The zero-order valence-corrected chi connectivity index (χ0v) is 15.2. The number of anilines is 2. The van der Waals surface area contributed by atoms with Crippen molar-refractivity contribution in [1.82, 2.24) is 4.90 Å². The molecule has 1 N–H and O–H groups in total. The number of urea groups is 1. The summed E-state index contributed by atoms with van der Waals surface area (Å²) in [5, 5.41) is 13.7. The first-order chi connectivity index (χ1) is 12.6. The van der Waals surface area contributed by atoms with Crippen LogP contribution in [0, 0.1) is 10.1 Å². The van der Waals surface area contributed by atoms with Crippen molar-refractivity contribution in [3.63, 3.8) is 0 Å². The number of benzene rings is 2. The van der Waals surface area contributed by atoms with Crippen LogP contribution in [0.5, 0.6) is 0 Å². The number of amides is 2. The van der Waals surface area contributed by atoms with Gasteiger partial charge in [-0.1, -0.05) is 6.07 Å². The Hall–Kier alpha value is -2.74. The third-order valence-electron chi connectivity index (χ3n) is 4.31. The number of nitrogens with zero attached hydrogens (tertiary/aromatic N) is 3. The molecule has 3 rings (SSSR count). The normalized spacial score (nSPS) is 14.2. The number of rotatable bonds is 4. The maximum Gasteiger partial charge on any atom is 0.321 e. The maximum atomic E-state index is 12.4. The van der Waals surface area contributed by atoms with Crippen molar-refractivity contribution in [3.05, 3.63) is 58.6 Å². The number of hydrogen-bond donors (Lipinski definition) is 1. The summed E-state index contributed by atoms with van der Waals surface area (Å²) in [6, 6.07) is 14.2. The minimum atomic E-state index is -0.405. The van der Waals surface area contributed by atoms with Crippen molar-refractivity contribution in [2.45, 2.75) is 4.90 Å². The Labute approximate surface area is 156 Å². The van der Waals surface area contributed by atoms with E-state index in [2.05, 4.69) is 10.2 Å². The van der Waals surface area contributed by atoms with Crippen LogP contribution >= 0.6 is 11.8 Å². The highest BCUT2D eigenvalue weighted by Crippen LogP contribution is 2.22. The highest BCUT2D eigenvalue weighted by molar-refractivity contribution is 7.98. The van der Waals surface area contributed by atoms with Gasteiger partial charge in [0.25, 0.3) is 5.69 Å². The summed E-state index contributed by atoms with van der Waals surface area (Å²) in [5.41, 5.74) is 1.81. The molecule has 2 aromatic carbocycles. The Morgan fingerprint density at radius 3 is 2.42 bits per heavy atom. The lowest BCUT2D eigenvalue weighted by Crippen LogP contribution is -2.50. The van der Waals surface area contributed by atoms with Crippen molar-refractivity contribution in [1.29, 1.82) is 0 Å². The topological polar surface area (TPSA) is 78.7 Å². The van der Waals surface area contributed by atoms with Gasteiger partial charge in [0.2, 0.25) is 0 Å². The third kappa shape index (κ3) is 4.26. The Kier molecular flexibility index (Phi) is 5.62. The fourth-order valence-corrected chi connectivity index (χ4v) is 3.32. The molecule has 0 aromatic heterocycles. The van der Waals surface area contributed by atoms with E-state index in [9.17, 15) is 14.9 Å². The first-order valence-electron chi connectivity index (χ1n) is 8.26. The predicted octanol–water partition coefficient (Wildman–Crippen LogP) is 3.67. The lowest BCUT2D eigenvalue weighted by Gasteiger charge is -2.36. The molecule has 1 saturated heterocycles. The van der Waals surface area contributed by atoms with Gasteiger partial charge in [0.15, 0.2) is 0 Å². The second-order valence-electron chi connectivity index (χ2n) is 5.91. The number of hydrogen-bond acceptors (Lipinski definition) is 5. The lowest BCUT2D eigenvalue weighted by atomic mass is 10.2. The summed E-state index contributed by atoms with van der Waals surface area (Å²) in [6.07, 6.45) is 2.00. The number of nitro groups is 1. The summed E-state index contributed by atoms with van der Waals surface area (Å²) in [4.78, 5) is 27.8. The molecule has 136 valence electrons. The quantitative estimate of drug-likeness (QED) is 0.503. The molecule has 0 bridgehead atoms. The van der Waals surface area contributed by atoms with Crippen LogP contribution in [0.25, 0.3) is 0 Å². The van der Waals surface area contributed by atoms with Crippen LogP contribution in [0.4, 0.5) is 21.9 Å². The van der Waals surface area contributed by atoms with Crippen molar-refractivity contribution < 1.29 is 9.72 Å².